The number of nitrogens with one attached hydrogen (secondary N) is 1. The van der Waals surface area contributed by atoms with Gasteiger partial charge in [-0.2, -0.15) is 0 Å². The van der Waals surface area contributed by atoms with Crippen LogP contribution in [0.4, 0.5) is 0 Å². The minimum Gasteiger partial charge on any atom is -0.469 e. The smallest absolute Gasteiger partial charge is 0.306 e. The van der Waals surface area contributed by atoms with Gasteiger partial charge < -0.3 is 15.8 Å². The first kappa shape index (κ1) is 13.4. The van der Waals surface area contributed by atoms with Crippen molar-refractivity contribution in [3.8, 4) is 0 Å². The predicted octanol–water partition coefficient (Wildman–Crippen LogP) is 0.370. The Kier molecular flexibility index (Phi) is 7.42. The van der Waals surface area contributed by atoms with Gasteiger partial charge >= 0.3 is 5.97 Å². The van der Waals surface area contributed by atoms with Gasteiger partial charge in [0.2, 0.25) is 0 Å². The van der Waals surface area contributed by atoms with Crippen molar-refractivity contribution in [1.29, 1.82) is 0 Å². The van der Waals surface area contributed by atoms with Gasteiger partial charge in [-0.3, -0.25) is 4.79 Å². The molecule has 0 fully saturated rings. The van der Waals surface area contributed by atoms with Crippen molar-refractivity contribution in [3.63, 3.8) is 0 Å². The zero-order chi connectivity index (χ0) is 11.0. The Morgan fingerprint density at radius 3 is 2.57 bits per heavy atom. The van der Waals surface area contributed by atoms with Crippen LogP contribution in [0.25, 0.3) is 0 Å². The second-order valence-corrected chi connectivity index (χ2v) is 3.77. The van der Waals surface area contributed by atoms with Crippen LogP contribution in [-0.2, 0) is 9.53 Å². The highest BCUT2D eigenvalue weighted by atomic mass is 16.5. The number of hydrogen-bond acceptors (Lipinski definition) is 4. The summed E-state index contributed by atoms with van der Waals surface area (Å²) in [5, 5.41) is 3.20. The molecule has 0 saturated carbocycles. The molecule has 0 radical (unpaired) electrons. The molecule has 0 aliphatic rings. The predicted molar refractivity (Wildman–Crippen MR) is 56.9 cm³/mol. The monoisotopic (exact) mass is 202 g/mol. The van der Waals surface area contributed by atoms with Gasteiger partial charge in [0.25, 0.3) is 0 Å². The van der Waals surface area contributed by atoms with Gasteiger partial charge in [0, 0.05) is 6.54 Å². The lowest BCUT2D eigenvalue weighted by Gasteiger charge is -2.18. The second kappa shape index (κ2) is 7.76. The molecule has 0 rings (SSSR count). The van der Waals surface area contributed by atoms with E-state index >= 15 is 0 Å². The van der Waals surface area contributed by atoms with Crippen LogP contribution in [0.3, 0.4) is 0 Å². The fraction of sp³-hybridized carbons (Fsp3) is 0.900. The van der Waals surface area contributed by atoms with Crippen LogP contribution in [0.1, 0.15) is 20.3 Å². The number of ether oxygens (including phenoxy) is 1. The molecule has 0 amide bonds. The van der Waals surface area contributed by atoms with Crippen molar-refractivity contribution < 1.29 is 9.53 Å². The van der Waals surface area contributed by atoms with Gasteiger partial charge in [-0.15, -0.1) is 0 Å². The van der Waals surface area contributed by atoms with E-state index in [9.17, 15) is 4.79 Å². The Morgan fingerprint density at radius 1 is 1.50 bits per heavy atom. The number of carbonyl (C=O) groups is 1. The van der Waals surface area contributed by atoms with Crippen LogP contribution in [-0.4, -0.2) is 32.7 Å². The number of rotatable bonds is 7. The summed E-state index contributed by atoms with van der Waals surface area (Å²) in [7, 11) is 1.40. The second-order valence-electron chi connectivity index (χ2n) is 3.77. The summed E-state index contributed by atoms with van der Waals surface area (Å²) in [5.41, 5.74) is 5.61. The van der Waals surface area contributed by atoms with E-state index in [0.717, 1.165) is 6.54 Å². The fourth-order valence-corrected chi connectivity index (χ4v) is 1.17. The molecule has 0 saturated heterocycles. The molecular weight excluding hydrogens is 180 g/mol. The third kappa shape index (κ3) is 5.94. The summed E-state index contributed by atoms with van der Waals surface area (Å²) < 4.78 is 4.53. The van der Waals surface area contributed by atoms with Gasteiger partial charge in [-0.25, -0.2) is 0 Å². The highest BCUT2D eigenvalue weighted by molar-refractivity contribution is 5.69. The van der Waals surface area contributed by atoms with Crippen molar-refractivity contribution >= 4 is 5.97 Å². The molecule has 0 bridgehead atoms. The molecule has 0 aromatic carbocycles. The maximum atomic E-state index is 10.8. The topological polar surface area (TPSA) is 64.3 Å². The SMILES string of the molecule is COC(=O)CCNCC(CN)C(C)C. The van der Waals surface area contributed by atoms with E-state index < -0.39 is 0 Å². The quantitative estimate of drug-likeness (QED) is 0.462. The van der Waals surface area contributed by atoms with Crippen LogP contribution >= 0.6 is 0 Å². The molecule has 84 valence electrons. The van der Waals surface area contributed by atoms with Crippen LogP contribution in [0.2, 0.25) is 0 Å². The van der Waals surface area contributed by atoms with E-state index in [1.807, 2.05) is 0 Å². The molecule has 0 aliphatic heterocycles. The van der Waals surface area contributed by atoms with Gasteiger partial charge in [0.1, 0.15) is 0 Å². The summed E-state index contributed by atoms with van der Waals surface area (Å²) >= 11 is 0. The van der Waals surface area contributed by atoms with E-state index in [1.54, 1.807) is 0 Å². The van der Waals surface area contributed by atoms with Crippen molar-refractivity contribution in [2.45, 2.75) is 20.3 Å². The molecule has 4 nitrogen and oxygen atoms in total. The molecular formula is C10H22N2O2. The zero-order valence-electron chi connectivity index (χ0n) is 9.38. The molecule has 0 aromatic rings. The van der Waals surface area contributed by atoms with Gasteiger partial charge in [0.15, 0.2) is 0 Å². The Bertz CT molecular complexity index is 160. The summed E-state index contributed by atoms with van der Waals surface area (Å²) in [6.07, 6.45) is 0.423. The van der Waals surface area contributed by atoms with E-state index in [1.165, 1.54) is 7.11 Å². The fourth-order valence-electron chi connectivity index (χ4n) is 1.17. The van der Waals surface area contributed by atoms with Crippen molar-refractivity contribution in [1.82, 2.24) is 5.32 Å². The van der Waals surface area contributed by atoms with Gasteiger partial charge in [0.05, 0.1) is 13.5 Å². The Labute approximate surface area is 86.2 Å². The van der Waals surface area contributed by atoms with E-state index in [-0.39, 0.29) is 5.97 Å². The Morgan fingerprint density at radius 2 is 2.14 bits per heavy atom. The molecule has 14 heavy (non-hydrogen) atoms. The van der Waals surface area contributed by atoms with Crippen molar-refractivity contribution in [2.75, 3.05) is 26.7 Å². The summed E-state index contributed by atoms with van der Waals surface area (Å²) in [4.78, 5) is 10.8. The highest BCUT2D eigenvalue weighted by Crippen LogP contribution is 2.06. The van der Waals surface area contributed by atoms with Crippen LogP contribution in [0, 0.1) is 11.8 Å². The first-order valence-corrected chi connectivity index (χ1v) is 5.09. The number of esters is 1. The Hall–Kier alpha value is -0.610. The summed E-state index contributed by atoms with van der Waals surface area (Å²) in [6.45, 7) is 6.52. The molecule has 0 aromatic heterocycles. The first-order valence-electron chi connectivity index (χ1n) is 5.09. The molecule has 0 aliphatic carbocycles. The van der Waals surface area contributed by atoms with Crippen molar-refractivity contribution in [2.24, 2.45) is 17.6 Å². The van der Waals surface area contributed by atoms with E-state index in [0.29, 0.717) is 31.3 Å². The third-order valence-corrected chi connectivity index (χ3v) is 2.39. The number of nitrogens with two attached hydrogens (primary N) is 1. The normalized spacial score (nSPS) is 12.9. The van der Waals surface area contributed by atoms with Crippen molar-refractivity contribution in [3.05, 3.63) is 0 Å². The zero-order valence-corrected chi connectivity index (χ0v) is 9.38. The van der Waals surface area contributed by atoms with Gasteiger partial charge in [-0.05, 0) is 24.9 Å². The maximum absolute atomic E-state index is 10.8. The molecule has 1 unspecified atom stereocenters. The molecule has 1 atom stereocenters. The average molecular weight is 202 g/mol. The average Bonchev–Trinajstić information content (AvgIpc) is 2.16. The van der Waals surface area contributed by atoms with Crippen LogP contribution in [0.15, 0.2) is 0 Å². The number of carbonyl (C=O) groups excluding carboxylic acids is 1. The maximum Gasteiger partial charge on any atom is 0.306 e. The minimum absolute atomic E-state index is 0.175. The number of hydrogen-bond donors (Lipinski definition) is 2. The minimum atomic E-state index is -0.175. The Balaban J connectivity index is 3.47. The standard InChI is InChI=1S/C10H22N2O2/c1-8(2)9(6-11)7-12-5-4-10(13)14-3/h8-9,12H,4-7,11H2,1-3H3. The third-order valence-electron chi connectivity index (χ3n) is 2.39. The summed E-state index contributed by atoms with van der Waals surface area (Å²) in [5.74, 6) is 0.879. The number of methoxy groups -OCH3 is 1. The lowest BCUT2D eigenvalue weighted by molar-refractivity contribution is -0.140. The lowest BCUT2D eigenvalue weighted by atomic mass is 9.96. The lowest BCUT2D eigenvalue weighted by Crippen LogP contribution is -2.32. The summed E-state index contributed by atoms with van der Waals surface area (Å²) in [6, 6.07) is 0. The molecule has 0 spiro atoms. The molecule has 0 heterocycles. The first-order chi connectivity index (χ1) is 6.61. The highest BCUT2D eigenvalue weighted by Gasteiger charge is 2.10. The van der Waals surface area contributed by atoms with E-state index in [4.69, 9.17) is 5.73 Å². The van der Waals surface area contributed by atoms with Crippen LogP contribution < -0.4 is 11.1 Å². The molecule has 4 heteroatoms. The van der Waals surface area contributed by atoms with Gasteiger partial charge in [-0.1, -0.05) is 13.8 Å². The molecule has 3 N–H and O–H groups in total. The largest absolute Gasteiger partial charge is 0.469 e. The van der Waals surface area contributed by atoms with Crippen LogP contribution in [0.5, 0.6) is 0 Å². The van der Waals surface area contributed by atoms with E-state index in [2.05, 4.69) is 23.9 Å².